The number of pyridine rings is 1. The molecule has 2 aromatic heterocycles. The average molecular weight is 434 g/mol. The Bertz CT molecular complexity index is 1410. The summed E-state index contributed by atoms with van der Waals surface area (Å²) in [4.78, 5) is 22.1. The van der Waals surface area contributed by atoms with Crippen LogP contribution in [0.4, 0.5) is 0 Å². The molecule has 0 atom stereocenters. The van der Waals surface area contributed by atoms with Gasteiger partial charge in [-0.05, 0) is 30.2 Å². The van der Waals surface area contributed by atoms with Crippen LogP contribution in [0.15, 0.2) is 89.5 Å². The molecular weight excluding hydrogens is 412 g/mol. The summed E-state index contributed by atoms with van der Waals surface area (Å²) in [6.07, 6.45) is 0.476. The molecule has 0 aliphatic rings. The van der Waals surface area contributed by atoms with Gasteiger partial charge in [-0.2, -0.15) is 4.98 Å². The van der Waals surface area contributed by atoms with Gasteiger partial charge in [-0.15, -0.1) is 0 Å². The van der Waals surface area contributed by atoms with Gasteiger partial charge in [0.15, 0.2) is 5.82 Å². The van der Waals surface area contributed by atoms with Crippen LogP contribution in [0.2, 0.25) is 0 Å². The summed E-state index contributed by atoms with van der Waals surface area (Å²) in [5.74, 6) is 0.929. The minimum absolute atomic E-state index is 0.160. The number of aryl methyl sites for hydroxylation is 1. The van der Waals surface area contributed by atoms with Crippen LogP contribution in [-0.4, -0.2) is 27.6 Å². The van der Waals surface area contributed by atoms with E-state index in [-0.39, 0.29) is 5.91 Å². The molecule has 6 heteroatoms. The average Bonchev–Trinajstić information content (AvgIpc) is 3.28. The molecule has 5 aromatic rings. The molecule has 0 unspecified atom stereocenters. The Morgan fingerprint density at radius 1 is 0.848 bits per heavy atom. The molecular formula is C27H22N4O2. The van der Waals surface area contributed by atoms with Gasteiger partial charge in [-0.1, -0.05) is 78.0 Å². The van der Waals surface area contributed by atoms with Crippen LogP contribution in [0.5, 0.6) is 0 Å². The largest absolute Gasteiger partial charge is 0.351 e. The molecule has 2 heterocycles. The molecule has 0 bridgehead atoms. The summed E-state index contributed by atoms with van der Waals surface area (Å²) >= 11 is 0. The number of hydrogen-bond donors (Lipinski definition) is 1. The number of hydrogen-bond acceptors (Lipinski definition) is 5. The maximum absolute atomic E-state index is 13.1. The third kappa shape index (κ3) is 4.50. The minimum atomic E-state index is -0.160. The van der Waals surface area contributed by atoms with E-state index in [0.717, 1.165) is 33.3 Å². The lowest BCUT2D eigenvalue weighted by molar-refractivity contribution is 0.0955. The van der Waals surface area contributed by atoms with Gasteiger partial charge in [-0.3, -0.25) is 4.79 Å². The highest BCUT2D eigenvalue weighted by molar-refractivity contribution is 6.07. The Morgan fingerprint density at radius 3 is 2.30 bits per heavy atom. The van der Waals surface area contributed by atoms with Crippen molar-refractivity contribution in [3.05, 3.63) is 102 Å². The van der Waals surface area contributed by atoms with Crippen molar-refractivity contribution in [3.63, 3.8) is 0 Å². The van der Waals surface area contributed by atoms with Crippen molar-refractivity contribution in [1.82, 2.24) is 20.4 Å². The second-order valence-electron chi connectivity index (χ2n) is 7.76. The normalized spacial score (nSPS) is 10.9. The molecule has 0 fully saturated rings. The van der Waals surface area contributed by atoms with Gasteiger partial charge >= 0.3 is 0 Å². The quantitative estimate of drug-likeness (QED) is 0.396. The molecule has 0 radical (unpaired) electrons. The van der Waals surface area contributed by atoms with E-state index in [1.165, 1.54) is 0 Å². The van der Waals surface area contributed by atoms with Crippen molar-refractivity contribution in [3.8, 4) is 22.4 Å². The number of carbonyl (C=O) groups is 1. The zero-order valence-corrected chi connectivity index (χ0v) is 18.2. The maximum Gasteiger partial charge on any atom is 0.252 e. The fourth-order valence-corrected chi connectivity index (χ4v) is 3.79. The minimum Gasteiger partial charge on any atom is -0.351 e. The number of para-hydroxylation sites is 1. The first-order chi connectivity index (χ1) is 16.2. The second kappa shape index (κ2) is 9.04. The summed E-state index contributed by atoms with van der Waals surface area (Å²) in [6.45, 7) is 2.17. The van der Waals surface area contributed by atoms with Crippen molar-refractivity contribution in [2.75, 3.05) is 6.54 Å². The SMILES string of the molecule is Cc1noc(CCNC(=O)c2cc(-c3ccc(-c4ccccc4)cc3)nc3ccccc23)n1. The van der Waals surface area contributed by atoms with Crippen LogP contribution < -0.4 is 5.32 Å². The van der Waals surface area contributed by atoms with Crippen molar-refractivity contribution in [1.29, 1.82) is 0 Å². The van der Waals surface area contributed by atoms with Crippen LogP contribution >= 0.6 is 0 Å². The monoisotopic (exact) mass is 434 g/mol. The maximum atomic E-state index is 13.1. The predicted octanol–water partition coefficient (Wildman–Crippen LogP) is 5.23. The van der Waals surface area contributed by atoms with Gasteiger partial charge in [0.1, 0.15) is 0 Å². The predicted molar refractivity (Wildman–Crippen MR) is 128 cm³/mol. The fraction of sp³-hybridized carbons (Fsp3) is 0.111. The highest BCUT2D eigenvalue weighted by Gasteiger charge is 2.14. The van der Waals surface area contributed by atoms with Crippen LogP contribution in [-0.2, 0) is 6.42 Å². The lowest BCUT2D eigenvalue weighted by Gasteiger charge is -2.11. The van der Waals surface area contributed by atoms with Crippen molar-refractivity contribution < 1.29 is 9.32 Å². The molecule has 1 N–H and O–H groups in total. The summed E-state index contributed by atoms with van der Waals surface area (Å²) < 4.78 is 5.12. The van der Waals surface area contributed by atoms with Crippen LogP contribution in [0, 0.1) is 6.92 Å². The molecule has 0 saturated carbocycles. The number of rotatable bonds is 6. The number of amides is 1. The first-order valence-electron chi connectivity index (χ1n) is 10.8. The molecule has 5 rings (SSSR count). The number of carbonyl (C=O) groups excluding carboxylic acids is 1. The molecule has 33 heavy (non-hydrogen) atoms. The zero-order chi connectivity index (χ0) is 22.6. The molecule has 1 amide bonds. The van der Waals surface area contributed by atoms with Gasteiger partial charge in [0.2, 0.25) is 5.89 Å². The van der Waals surface area contributed by atoms with E-state index in [9.17, 15) is 4.79 Å². The van der Waals surface area contributed by atoms with E-state index >= 15 is 0 Å². The topological polar surface area (TPSA) is 80.9 Å². The number of benzene rings is 3. The van der Waals surface area contributed by atoms with Gasteiger partial charge in [0, 0.05) is 23.9 Å². The molecule has 3 aromatic carbocycles. The number of aromatic nitrogens is 3. The number of nitrogens with zero attached hydrogens (tertiary/aromatic N) is 3. The molecule has 0 aliphatic heterocycles. The first-order valence-corrected chi connectivity index (χ1v) is 10.8. The van der Waals surface area contributed by atoms with Gasteiger partial charge in [-0.25, -0.2) is 4.98 Å². The Morgan fingerprint density at radius 2 is 1.55 bits per heavy atom. The van der Waals surface area contributed by atoms with Crippen molar-refractivity contribution >= 4 is 16.8 Å². The lowest BCUT2D eigenvalue weighted by Crippen LogP contribution is -2.26. The van der Waals surface area contributed by atoms with E-state index in [0.29, 0.717) is 30.2 Å². The Balaban J connectivity index is 1.42. The van der Waals surface area contributed by atoms with Crippen molar-refractivity contribution in [2.45, 2.75) is 13.3 Å². The van der Waals surface area contributed by atoms with Crippen LogP contribution in [0.3, 0.4) is 0 Å². The van der Waals surface area contributed by atoms with E-state index in [4.69, 9.17) is 9.51 Å². The summed E-state index contributed by atoms with van der Waals surface area (Å²) in [5, 5.41) is 7.55. The standard InChI is InChI=1S/C27H22N4O2/c1-18-29-26(33-31-18)15-16-28-27(32)23-17-25(30-24-10-6-5-9-22(23)24)21-13-11-20(12-14-21)19-7-3-2-4-8-19/h2-14,17H,15-16H2,1H3,(H,28,32). The van der Waals surface area contributed by atoms with E-state index in [1.54, 1.807) is 6.92 Å². The Hall–Kier alpha value is -4.32. The van der Waals surface area contributed by atoms with E-state index in [2.05, 4.69) is 39.7 Å². The second-order valence-corrected chi connectivity index (χ2v) is 7.76. The number of fused-ring (bicyclic) bond motifs is 1. The third-order valence-electron chi connectivity index (χ3n) is 5.44. The molecule has 0 spiro atoms. The first kappa shape index (κ1) is 20.6. The van der Waals surface area contributed by atoms with Gasteiger partial charge in [0.05, 0.1) is 16.8 Å². The van der Waals surface area contributed by atoms with Gasteiger partial charge in [0.25, 0.3) is 5.91 Å². The molecule has 0 aliphatic carbocycles. The lowest BCUT2D eigenvalue weighted by atomic mass is 10.0. The smallest absolute Gasteiger partial charge is 0.252 e. The highest BCUT2D eigenvalue weighted by Crippen LogP contribution is 2.27. The third-order valence-corrected chi connectivity index (χ3v) is 5.44. The molecule has 0 saturated heterocycles. The van der Waals surface area contributed by atoms with Gasteiger partial charge < -0.3 is 9.84 Å². The summed E-state index contributed by atoms with van der Waals surface area (Å²) in [5.41, 5.74) is 5.37. The molecule has 162 valence electrons. The van der Waals surface area contributed by atoms with E-state index < -0.39 is 0 Å². The summed E-state index contributed by atoms with van der Waals surface area (Å²) in [6, 6.07) is 28.0. The molecule has 6 nitrogen and oxygen atoms in total. The Labute approximate surface area is 191 Å². The summed E-state index contributed by atoms with van der Waals surface area (Å²) in [7, 11) is 0. The van der Waals surface area contributed by atoms with Crippen molar-refractivity contribution in [2.24, 2.45) is 0 Å². The Kier molecular flexibility index (Phi) is 5.64. The number of nitrogens with one attached hydrogen (secondary N) is 1. The van der Waals surface area contributed by atoms with Crippen LogP contribution in [0.1, 0.15) is 22.1 Å². The van der Waals surface area contributed by atoms with Crippen LogP contribution in [0.25, 0.3) is 33.3 Å². The van der Waals surface area contributed by atoms with E-state index in [1.807, 2.05) is 60.7 Å². The fourth-order valence-electron chi connectivity index (χ4n) is 3.79. The highest BCUT2D eigenvalue weighted by atomic mass is 16.5. The zero-order valence-electron chi connectivity index (χ0n) is 18.2.